The lowest BCUT2D eigenvalue weighted by Gasteiger charge is -2.16. The number of benzene rings is 1. The van der Waals surface area contributed by atoms with Crippen molar-refractivity contribution in [1.29, 1.82) is 0 Å². The molecule has 0 spiro atoms. The number of unbranched alkanes of at least 4 members (excludes halogenated alkanes) is 12. The van der Waals surface area contributed by atoms with Crippen LogP contribution in [0, 0.1) is 0 Å². The highest BCUT2D eigenvalue weighted by atomic mass is 32.1. The third-order valence-corrected chi connectivity index (χ3v) is 13.5. The fourth-order valence-electron chi connectivity index (χ4n) is 8.40. The number of carbonyl (C=O) groups excluding carboxylic acids is 7. The van der Waals surface area contributed by atoms with Crippen LogP contribution in [0.4, 0.5) is 11.8 Å². The number of hydrogen-bond acceptors (Lipinski definition) is 21. The molecule has 1 aromatic heterocycles. The van der Waals surface area contributed by atoms with Crippen LogP contribution in [-0.2, 0) is 68.4 Å². The molecule has 2 rings (SSSR count). The molecule has 0 radical (unpaired) electrons. The highest BCUT2D eigenvalue weighted by molar-refractivity contribution is 7.80. The third kappa shape index (κ3) is 39.3. The molecule has 494 valence electrons. The number of ether oxygens (including phenoxy) is 9. The van der Waals surface area contributed by atoms with E-state index in [1.807, 2.05) is 12.1 Å². The Morgan fingerprint density at radius 3 is 1.54 bits per heavy atom. The van der Waals surface area contributed by atoms with E-state index in [2.05, 4.69) is 61.4 Å². The Labute approximate surface area is 518 Å². The SMILES string of the molecule is CCCCCCCCCCCCCC(=O)N[C@H](CS)C(=O)NCCOCCOCC(=O)NCCOCCOCC(=O)NCCOCCOCC(=O)NC(CCCCNC(=O)CCCCOc1c(OC)cc(Cc2cnc(N)nc2N)cc1OC)C(N)=O. The Kier molecular flexibility index (Phi) is 44.7. The summed E-state index contributed by atoms with van der Waals surface area (Å²) in [6.07, 6.45) is 18.4. The molecule has 0 fully saturated rings. The van der Waals surface area contributed by atoms with Gasteiger partial charge in [-0.25, -0.2) is 4.98 Å². The molecule has 1 unspecified atom stereocenters. The van der Waals surface area contributed by atoms with E-state index < -0.39 is 23.9 Å². The highest BCUT2D eigenvalue weighted by Crippen LogP contribution is 2.39. The van der Waals surface area contributed by atoms with Crippen LogP contribution in [0.3, 0.4) is 0 Å². The van der Waals surface area contributed by atoms with Crippen LogP contribution < -0.4 is 63.3 Å². The molecule has 0 aliphatic carbocycles. The predicted molar refractivity (Wildman–Crippen MR) is 331 cm³/mol. The molecule has 2 atom stereocenters. The quantitative estimate of drug-likeness (QED) is 0.0336. The molecule has 0 bridgehead atoms. The summed E-state index contributed by atoms with van der Waals surface area (Å²) in [5.74, 6) is -0.508. The molecular formula is C59H101N11O16S. The molecular weight excluding hydrogens is 1150 g/mol. The maximum atomic E-state index is 12.5. The van der Waals surface area contributed by atoms with Crippen LogP contribution in [0.2, 0.25) is 0 Å². The Morgan fingerprint density at radius 2 is 1.01 bits per heavy atom. The van der Waals surface area contributed by atoms with E-state index in [0.29, 0.717) is 80.9 Å². The van der Waals surface area contributed by atoms with E-state index in [0.717, 1.165) is 24.8 Å². The fourth-order valence-corrected chi connectivity index (χ4v) is 8.66. The van der Waals surface area contributed by atoms with Gasteiger partial charge in [0.15, 0.2) is 11.5 Å². The normalized spacial score (nSPS) is 11.7. The largest absolute Gasteiger partial charge is 0.493 e. The number of nitrogen functional groups attached to an aromatic ring is 2. The minimum absolute atomic E-state index is 0.0926. The number of aromatic nitrogens is 2. The second-order valence-electron chi connectivity index (χ2n) is 20.4. The Balaban J connectivity index is 1.37. The number of rotatable bonds is 56. The molecule has 87 heavy (non-hydrogen) atoms. The number of hydrogen-bond donors (Lipinski definition) is 10. The zero-order chi connectivity index (χ0) is 63.5. The van der Waals surface area contributed by atoms with E-state index in [9.17, 15) is 33.6 Å². The van der Waals surface area contributed by atoms with Gasteiger partial charge in [-0.3, -0.25) is 33.6 Å². The second-order valence-corrected chi connectivity index (χ2v) is 20.8. The predicted octanol–water partition coefficient (Wildman–Crippen LogP) is 2.62. The average Bonchev–Trinajstić information content (AvgIpc) is 2.56. The molecule has 27 nitrogen and oxygen atoms in total. The summed E-state index contributed by atoms with van der Waals surface area (Å²) in [5.41, 5.74) is 18.7. The average molecular weight is 1250 g/mol. The van der Waals surface area contributed by atoms with Gasteiger partial charge in [-0.05, 0) is 56.2 Å². The van der Waals surface area contributed by atoms with Crippen molar-refractivity contribution in [3.63, 3.8) is 0 Å². The molecule has 1 heterocycles. The number of anilines is 2. The van der Waals surface area contributed by atoms with Gasteiger partial charge in [0.25, 0.3) is 0 Å². The van der Waals surface area contributed by atoms with Crippen LogP contribution in [0.25, 0.3) is 0 Å². The van der Waals surface area contributed by atoms with Crippen molar-refractivity contribution in [1.82, 2.24) is 41.9 Å². The standard InChI is InChI=1S/C59H101N11O16S/c1-4-5-6-7-8-9-10-11-12-13-14-21-51(72)69-47(43-87)58(77)66-25-29-82-31-34-84-41-53(74)64-23-27-80-30-33-83-40-52(73)65-24-28-81-32-35-85-42-54(75)68-46(57(61)76)19-15-17-22-63-50(71)20-16-18-26-86-55-48(78-2)37-44(38-49(55)79-3)36-45-39-67-59(62)70-56(45)60/h37-39,46-47,87H,4-36,40-43H2,1-3H3,(H2,61,76)(H,63,71)(H,64,74)(H,65,73)(H,66,77)(H,68,75)(H,69,72)(H4,60,62,67,70)/t46?,47-/m1/s1. The lowest BCUT2D eigenvalue weighted by Crippen LogP contribution is -2.48. The highest BCUT2D eigenvalue weighted by Gasteiger charge is 2.21. The monoisotopic (exact) mass is 1250 g/mol. The van der Waals surface area contributed by atoms with E-state index in [-0.39, 0.29) is 152 Å². The number of thiol groups is 1. The number of amides is 7. The van der Waals surface area contributed by atoms with Gasteiger partial charge in [0.2, 0.25) is 53.0 Å². The number of nitrogens with one attached hydrogen (secondary N) is 6. The van der Waals surface area contributed by atoms with Crippen LogP contribution in [0.1, 0.15) is 134 Å². The Morgan fingerprint density at radius 1 is 0.529 bits per heavy atom. The molecule has 7 amide bonds. The minimum Gasteiger partial charge on any atom is -0.493 e. The van der Waals surface area contributed by atoms with E-state index in [1.165, 1.54) is 65.6 Å². The van der Waals surface area contributed by atoms with Gasteiger partial charge in [-0.1, -0.05) is 71.1 Å². The number of primary amides is 1. The van der Waals surface area contributed by atoms with Crippen molar-refractivity contribution >= 4 is 65.7 Å². The molecule has 0 saturated heterocycles. The molecule has 28 heteroatoms. The topological polar surface area (TPSA) is 379 Å². The molecule has 12 N–H and O–H groups in total. The Hall–Kier alpha value is -6.30. The van der Waals surface area contributed by atoms with Crippen molar-refractivity contribution in [2.75, 3.05) is 144 Å². The van der Waals surface area contributed by atoms with Gasteiger partial charge in [0.1, 0.15) is 37.7 Å². The van der Waals surface area contributed by atoms with Crippen LogP contribution in [-0.4, -0.2) is 195 Å². The maximum Gasteiger partial charge on any atom is 0.246 e. The van der Waals surface area contributed by atoms with Crippen molar-refractivity contribution in [3.8, 4) is 17.2 Å². The molecule has 0 saturated carbocycles. The molecule has 0 aliphatic rings. The summed E-state index contributed by atoms with van der Waals surface area (Å²) in [7, 11) is 3.06. The number of nitrogens with zero attached hydrogens (tertiary/aromatic N) is 2. The number of nitrogens with two attached hydrogens (primary N) is 3. The summed E-state index contributed by atoms with van der Waals surface area (Å²) in [4.78, 5) is 93.9. The van der Waals surface area contributed by atoms with Gasteiger partial charge < -0.3 is 91.7 Å². The molecule has 0 aliphatic heterocycles. The molecule has 2 aromatic rings. The van der Waals surface area contributed by atoms with Crippen LogP contribution >= 0.6 is 12.6 Å². The van der Waals surface area contributed by atoms with E-state index >= 15 is 0 Å². The fraction of sp³-hybridized carbons (Fsp3) is 0.712. The second kappa shape index (κ2) is 50.7. The third-order valence-electron chi connectivity index (χ3n) is 13.1. The Bertz CT molecular complexity index is 2230. The minimum atomic E-state index is -0.901. The van der Waals surface area contributed by atoms with Gasteiger partial charge in [0, 0.05) is 63.0 Å². The number of methoxy groups -OCH3 is 2. The first-order valence-electron chi connectivity index (χ1n) is 30.5. The summed E-state index contributed by atoms with van der Waals surface area (Å²) >= 11 is 4.23. The summed E-state index contributed by atoms with van der Waals surface area (Å²) in [6.45, 7) is 4.69. The lowest BCUT2D eigenvalue weighted by molar-refractivity contribution is -0.131. The van der Waals surface area contributed by atoms with E-state index in [1.54, 1.807) is 6.20 Å². The zero-order valence-corrected chi connectivity index (χ0v) is 52.5. The van der Waals surface area contributed by atoms with Gasteiger partial charge in [-0.2, -0.15) is 17.6 Å². The summed E-state index contributed by atoms with van der Waals surface area (Å²) in [6, 6.07) is 2.02. The van der Waals surface area contributed by atoms with E-state index in [4.69, 9.17) is 59.8 Å². The van der Waals surface area contributed by atoms with Gasteiger partial charge >= 0.3 is 0 Å². The van der Waals surface area contributed by atoms with Gasteiger partial charge in [0.05, 0.1) is 80.3 Å². The van der Waals surface area contributed by atoms with Crippen LogP contribution in [0.15, 0.2) is 18.3 Å². The first kappa shape index (κ1) is 76.8. The first-order valence-corrected chi connectivity index (χ1v) is 31.1. The smallest absolute Gasteiger partial charge is 0.246 e. The van der Waals surface area contributed by atoms with Crippen molar-refractivity contribution in [3.05, 3.63) is 29.5 Å². The van der Waals surface area contributed by atoms with Crippen molar-refractivity contribution < 1.29 is 76.2 Å². The van der Waals surface area contributed by atoms with Crippen molar-refractivity contribution in [2.24, 2.45) is 5.73 Å². The maximum absolute atomic E-state index is 12.5. The zero-order valence-electron chi connectivity index (χ0n) is 51.7. The van der Waals surface area contributed by atoms with Crippen LogP contribution in [0.5, 0.6) is 17.2 Å². The van der Waals surface area contributed by atoms with Gasteiger partial charge in [-0.15, -0.1) is 0 Å². The summed E-state index contributed by atoms with van der Waals surface area (Å²) in [5, 5.41) is 16.3. The summed E-state index contributed by atoms with van der Waals surface area (Å²) < 4.78 is 49.4. The van der Waals surface area contributed by atoms with Crippen molar-refractivity contribution in [2.45, 2.75) is 141 Å². The lowest BCUT2D eigenvalue weighted by atomic mass is 10.1. The molecule has 1 aromatic carbocycles. The number of carbonyl (C=O) groups is 7. The first-order chi connectivity index (χ1) is 42.2.